The summed E-state index contributed by atoms with van der Waals surface area (Å²) in [5, 5.41) is 14.8. The lowest BCUT2D eigenvalue weighted by molar-refractivity contribution is -0.385. The third-order valence-corrected chi connectivity index (χ3v) is 3.10. The number of para-hydroxylation sites is 2. The fraction of sp³-hybridized carbons (Fsp3) is 0.125. The number of anilines is 1. The predicted octanol–water partition coefficient (Wildman–Crippen LogP) is 2.10. The number of nitrogen functional groups attached to an aromatic ring is 1. The Bertz CT molecular complexity index is 772. The van der Waals surface area contributed by atoms with Crippen LogP contribution in [0.3, 0.4) is 0 Å². The van der Waals surface area contributed by atoms with Gasteiger partial charge in [-0.3, -0.25) is 14.9 Å². The Kier molecular flexibility index (Phi) is 5.45. The van der Waals surface area contributed by atoms with Gasteiger partial charge in [-0.05, 0) is 30.7 Å². The van der Waals surface area contributed by atoms with Gasteiger partial charge in [0.15, 0.2) is 12.4 Å². The fourth-order valence-electron chi connectivity index (χ4n) is 1.84. The van der Waals surface area contributed by atoms with Crippen LogP contribution in [0, 0.1) is 10.1 Å². The number of hydrazone groups is 1. The molecule has 0 spiro atoms. The average molecular weight is 328 g/mol. The molecule has 0 fully saturated rings. The summed E-state index contributed by atoms with van der Waals surface area (Å²) in [4.78, 5) is 22.0. The van der Waals surface area contributed by atoms with Crippen LogP contribution in [-0.2, 0) is 4.79 Å². The first-order chi connectivity index (χ1) is 11.5. The minimum absolute atomic E-state index is 0.0249. The van der Waals surface area contributed by atoms with Crippen molar-refractivity contribution in [2.24, 2.45) is 5.10 Å². The molecule has 124 valence electrons. The lowest BCUT2D eigenvalue weighted by Gasteiger charge is -2.06. The van der Waals surface area contributed by atoms with Crippen molar-refractivity contribution >= 4 is 23.0 Å². The van der Waals surface area contributed by atoms with Crippen LogP contribution in [0.5, 0.6) is 5.75 Å². The molecule has 2 rings (SSSR count). The lowest BCUT2D eigenvalue weighted by atomic mass is 10.1. The molecule has 8 heteroatoms. The Morgan fingerprint density at radius 3 is 2.58 bits per heavy atom. The molecule has 0 saturated carbocycles. The number of nitrogens with zero attached hydrogens (tertiary/aromatic N) is 2. The van der Waals surface area contributed by atoms with E-state index in [0.29, 0.717) is 11.4 Å². The number of ether oxygens (including phenoxy) is 1. The minimum atomic E-state index is -0.573. The van der Waals surface area contributed by atoms with Crippen molar-refractivity contribution in [3.05, 3.63) is 64.2 Å². The molecule has 0 aliphatic heterocycles. The lowest BCUT2D eigenvalue weighted by Crippen LogP contribution is -2.25. The first-order valence-electron chi connectivity index (χ1n) is 7.02. The van der Waals surface area contributed by atoms with E-state index in [9.17, 15) is 14.9 Å². The molecular formula is C16H16N4O4. The summed E-state index contributed by atoms with van der Waals surface area (Å²) < 4.78 is 5.17. The van der Waals surface area contributed by atoms with Gasteiger partial charge in [-0.1, -0.05) is 24.3 Å². The maximum absolute atomic E-state index is 11.8. The maximum atomic E-state index is 11.8. The van der Waals surface area contributed by atoms with Crippen molar-refractivity contribution < 1.29 is 14.5 Å². The molecule has 0 bridgehead atoms. The number of hydrogen-bond acceptors (Lipinski definition) is 6. The summed E-state index contributed by atoms with van der Waals surface area (Å²) in [6, 6.07) is 12.9. The third-order valence-electron chi connectivity index (χ3n) is 3.10. The molecule has 0 heterocycles. The molecule has 0 unspecified atom stereocenters. The molecule has 0 aromatic heterocycles. The minimum Gasteiger partial charge on any atom is -0.477 e. The van der Waals surface area contributed by atoms with Crippen LogP contribution in [0.15, 0.2) is 53.6 Å². The van der Waals surface area contributed by atoms with Gasteiger partial charge in [-0.2, -0.15) is 5.10 Å². The van der Waals surface area contributed by atoms with Crippen LogP contribution >= 0.6 is 0 Å². The van der Waals surface area contributed by atoms with Crippen LogP contribution in [0.4, 0.5) is 11.4 Å². The number of carbonyl (C=O) groups excluding carboxylic acids is 1. The summed E-state index contributed by atoms with van der Waals surface area (Å²) in [6.45, 7) is 1.35. The molecule has 2 aromatic rings. The Balaban J connectivity index is 1.93. The molecular weight excluding hydrogens is 312 g/mol. The number of nitrogens with two attached hydrogens (primary N) is 1. The zero-order chi connectivity index (χ0) is 17.5. The highest BCUT2D eigenvalue weighted by Crippen LogP contribution is 2.25. The molecule has 0 atom stereocenters. The van der Waals surface area contributed by atoms with E-state index < -0.39 is 10.8 Å². The highest BCUT2D eigenvalue weighted by Gasteiger charge is 2.14. The number of rotatable bonds is 6. The second kappa shape index (κ2) is 7.73. The topological polar surface area (TPSA) is 120 Å². The van der Waals surface area contributed by atoms with Gasteiger partial charge in [-0.25, -0.2) is 5.43 Å². The number of nitro benzene ring substituents is 1. The molecule has 8 nitrogen and oxygen atoms in total. The first-order valence-corrected chi connectivity index (χ1v) is 7.02. The summed E-state index contributed by atoms with van der Waals surface area (Å²) in [7, 11) is 0. The van der Waals surface area contributed by atoms with E-state index in [2.05, 4.69) is 10.5 Å². The van der Waals surface area contributed by atoms with Crippen molar-refractivity contribution in [2.45, 2.75) is 6.92 Å². The van der Waals surface area contributed by atoms with Crippen molar-refractivity contribution in [1.29, 1.82) is 0 Å². The maximum Gasteiger partial charge on any atom is 0.310 e. The van der Waals surface area contributed by atoms with E-state index in [1.54, 1.807) is 37.3 Å². The molecule has 2 aromatic carbocycles. The van der Waals surface area contributed by atoms with Crippen molar-refractivity contribution in [2.75, 3.05) is 12.3 Å². The fourth-order valence-corrected chi connectivity index (χ4v) is 1.84. The summed E-state index contributed by atoms with van der Waals surface area (Å²) in [5.41, 5.74) is 9.77. The molecule has 24 heavy (non-hydrogen) atoms. The number of nitro groups is 1. The van der Waals surface area contributed by atoms with Gasteiger partial charge in [-0.15, -0.1) is 0 Å². The normalized spacial score (nSPS) is 11.0. The summed E-state index contributed by atoms with van der Waals surface area (Å²) in [6.07, 6.45) is 0. The molecule has 0 radical (unpaired) electrons. The van der Waals surface area contributed by atoms with E-state index in [0.717, 1.165) is 5.56 Å². The van der Waals surface area contributed by atoms with Gasteiger partial charge < -0.3 is 10.5 Å². The molecule has 1 amide bonds. The Hall–Kier alpha value is -3.42. The number of hydrogen-bond donors (Lipinski definition) is 2. The van der Waals surface area contributed by atoms with Crippen LogP contribution in [0.2, 0.25) is 0 Å². The van der Waals surface area contributed by atoms with Gasteiger partial charge in [0.05, 0.1) is 10.6 Å². The van der Waals surface area contributed by atoms with Crippen LogP contribution in [0.1, 0.15) is 12.5 Å². The Morgan fingerprint density at radius 2 is 1.92 bits per heavy atom. The quantitative estimate of drug-likeness (QED) is 0.364. The zero-order valence-corrected chi connectivity index (χ0v) is 12.9. The van der Waals surface area contributed by atoms with E-state index in [1.165, 1.54) is 18.2 Å². The van der Waals surface area contributed by atoms with Crippen molar-refractivity contribution in [1.82, 2.24) is 5.43 Å². The van der Waals surface area contributed by atoms with Crippen LogP contribution in [0.25, 0.3) is 0 Å². The Labute approximate surface area is 138 Å². The molecule has 0 aliphatic rings. The number of carbonyl (C=O) groups is 1. The smallest absolute Gasteiger partial charge is 0.310 e. The van der Waals surface area contributed by atoms with E-state index in [4.69, 9.17) is 10.5 Å². The first kappa shape index (κ1) is 16.9. The number of nitrogens with one attached hydrogen (secondary N) is 1. The largest absolute Gasteiger partial charge is 0.477 e. The highest BCUT2D eigenvalue weighted by atomic mass is 16.6. The van der Waals surface area contributed by atoms with Gasteiger partial charge in [0, 0.05) is 11.8 Å². The monoisotopic (exact) mass is 328 g/mol. The molecule has 3 N–H and O–H groups in total. The number of amides is 1. The second-order valence-electron chi connectivity index (χ2n) is 4.87. The van der Waals surface area contributed by atoms with Crippen molar-refractivity contribution in [3.63, 3.8) is 0 Å². The summed E-state index contributed by atoms with van der Waals surface area (Å²) >= 11 is 0. The van der Waals surface area contributed by atoms with Crippen LogP contribution < -0.4 is 15.9 Å². The van der Waals surface area contributed by atoms with Crippen LogP contribution in [-0.4, -0.2) is 23.1 Å². The van der Waals surface area contributed by atoms with Gasteiger partial charge in [0.2, 0.25) is 0 Å². The van der Waals surface area contributed by atoms with E-state index >= 15 is 0 Å². The zero-order valence-electron chi connectivity index (χ0n) is 12.9. The van der Waals surface area contributed by atoms with E-state index in [-0.39, 0.29) is 18.0 Å². The molecule has 0 aliphatic carbocycles. The standard InChI is InChI=1S/C16H16N4O4/c1-11(12-6-8-13(17)9-7-12)18-19-16(21)10-24-15-5-3-2-4-14(15)20(22)23/h2-9H,10,17H2,1H3,(H,19,21)/b18-11-. The second-order valence-corrected chi connectivity index (χ2v) is 4.87. The highest BCUT2D eigenvalue weighted by molar-refractivity contribution is 5.99. The van der Waals surface area contributed by atoms with E-state index in [1.807, 2.05) is 0 Å². The SMILES string of the molecule is C/C(=N/NC(=O)COc1ccccc1[N+](=O)[O-])c1ccc(N)cc1. The number of benzene rings is 2. The van der Waals surface area contributed by atoms with Crippen molar-refractivity contribution in [3.8, 4) is 5.75 Å². The molecule has 0 saturated heterocycles. The van der Waals surface area contributed by atoms with Gasteiger partial charge in [0.1, 0.15) is 0 Å². The predicted molar refractivity (Wildman–Crippen MR) is 89.8 cm³/mol. The average Bonchev–Trinajstić information content (AvgIpc) is 2.58. The van der Waals surface area contributed by atoms with Gasteiger partial charge in [0.25, 0.3) is 5.91 Å². The third kappa shape index (κ3) is 4.54. The van der Waals surface area contributed by atoms with Gasteiger partial charge >= 0.3 is 5.69 Å². The Morgan fingerprint density at radius 1 is 1.25 bits per heavy atom. The summed E-state index contributed by atoms with van der Waals surface area (Å²) in [5.74, 6) is -0.500.